The topological polar surface area (TPSA) is 44.8 Å². The standard InChI is InChI=1S/C29H54O4Si2/c1-23(2)25(30)19-20-29(9,33-35(12,13)28(6,7)8)26(32-34(10,11)27(3,4)5)22-31-21-24-17-15-14-16-18-24/h14-18,23,26H,19-22H2,1-13H3/t26-,29+/m0/s1. The van der Waals surface area contributed by atoms with E-state index >= 15 is 0 Å². The molecule has 1 aromatic rings. The first-order valence-electron chi connectivity index (χ1n) is 13.2. The molecule has 0 spiro atoms. The molecular formula is C29H54O4Si2. The van der Waals surface area contributed by atoms with Crippen molar-refractivity contribution in [2.45, 2.75) is 130 Å². The normalized spacial score (nSPS) is 16.3. The summed E-state index contributed by atoms with van der Waals surface area (Å²) in [5.41, 5.74) is 0.514. The lowest BCUT2D eigenvalue weighted by molar-refractivity contribution is -0.125. The molecule has 202 valence electrons. The molecule has 0 saturated heterocycles. The second-order valence-electron chi connectivity index (χ2n) is 13.7. The van der Waals surface area contributed by atoms with E-state index < -0.39 is 22.2 Å². The van der Waals surface area contributed by atoms with Crippen LogP contribution in [0.5, 0.6) is 0 Å². The molecule has 0 bridgehead atoms. The summed E-state index contributed by atoms with van der Waals surface area (Å²) in [5, 5.41) is 0.0963. The monoisotopic (exact) mass is 522 g/mol. The fourth-order valence-corrected chi connectivity index (χ4v) is 6.49. The molecule has 1 rings (SSSR count). The van der Waals surface area contributed by atoms with Crippen molar-refractivity contribution in [2.75, 3.05) is 6.61 Å². The first kappa shape index (κ1) is 32.2. The maximum Gasteiger partial charge on any atom is 0.192 e. The molecule has 0 unspecified atom stereocenters. The summed E-state index contributed by atoms with van der Waals surface area (Å²) in [5.74, 6) is 0.285. The Morgan fingerprint density at radius 1 is 0.857 bits per heavy atom. The van der Waals surface area contributed by atoms with Gasteiger partial charge in [-0.25, -0.2) is 0 Å². The third-order valence-electron chi connectivity index (χ3n) is 8.11. The predicted octanol–water partition coefficient (Wildman–Crippen LogP) is 8.38. The minimum absolute atomic E-state index is 0.0150. The molecule has 0 aliphatic heterocycles. The van der Waals surface area contributed by atoms with Crippen LogP contribution in [-0.2, 0) is 25.0 Å². The molecule has 0 aliphatic carbocycles. The SMILES string of the molecule is CC(C)C(=O)CC[C@@](C)(O[Si](C)(C)C(C)(C)C)[C@H](COCc1ccccc1)O[Si](C)(C)C(C)(C)C. The van der Waals surface area contributed by atoms with Gasteiger partial charge in [-0.2, -0.15) is 0 Å². The molecule has 0 aliphatic rings. The Morgan fingerprint density at radius 2 is 1.37 bits per heavy atom. The van der Waals surface area contributed by atoms with Gasteiger partial charge in [0.2, 0.25) is 0 Å². The van der Waals surface area contributed by atoms with Gasteiger partial charge < -0.3 is 13.6 Å². The van der Waals surface area contributed by atoms with Crippen LogP contribution in [0.4, 0.5) is 0 Å². The van der Waals surface area contributed by atoms with Gasteiger partial charge in [-0.15, -0.1) is 0 Å². The summed E-state index contributed by atoms with van der Waals surface area (Å²) in [4.78, 5) is 12.7. The Kier molecular flexibility index (Phi) is 11.2. The Balaban J connectivity index is 3.37. The minimum atomic E-state index is -2.16. The lowest BCUT2D eigenvalue weighted by Gasteiger charge is -2.50. The van der Waals surface area contributed by atoms with Crippen molar-refractivity contribution in [3.05, 3.63) is 35.9 Å². The smallest absolute Gasteiger partial charge is 0.192 e. The van der Waals surface area contributed by atoms with Gasteiger partial charge in [-0.05, 0) is 55.2 Å². The third kappa shape index (κ3) is 9.54. The number of hydrogen-bond donors (Lipinski definition) is 0. The number of Topliss-reactive ketones (excluding diaryl/α,β-unsaturated/α-hetero) is 1. The zero-order chi connectivity index (χ0) is 27.3. The highest BCUT2D eigenvalue weighted by Gasteiger charge is 2.49. The first-order valence-corrected chi connectivity index (χ1v) is 19.1. The van der Waals surface area contributed by atoms with Gasteiger partial charge in [0, 0.05) is 12.3 Å². The summed E-state index contributed by atoms with van der Waals surface area (Å²) in [7, 11) is -4.29. The number of carbonyl (C=O) groups is 1. The third-order valence-corrected chi connectivity index (χ3v) is 17.2. The Morgan fingerprint density at radius 3 is 1.83 bits per heavy atom. The van der Waals surface area contributed by atoms with E-state index in [2.05, 4.69) is 86.8 Å². The molecule has 4 nitrogen and oxygen atoms in total. The van der Waals surface area contributed by atoms with Crippen LogP contribution in [-0.4, -0.2) is 40.7 Å². The first-order chi connectivity index (χ1) is 15.7. The summed E-state index contributed by atoms with van der Waals surface area (Å²) in [6.07, 6.45) is 0.852. The number of hydrogen-bond acceptors (Lipinski definition) is 4. The Labute approximate surface area is 218 Å². The molecule has 1 aromatic carbocycles. The molecule has 0 aromatic heterocycles. The van der Waals surface area contributed by atoms with Gasteiger partial charge >= 0.3 is 0 Å². The van der Waals surface area contributed by atoms with Gasteiger partial charge in [-0.3, -0.25) is 4.79 Å². The van der Waals surface area contributed by atoms with E-state index in [9.17, 15) is 4.79 Å². The van der Waals surface area contributed by atoms with E-state index in [1.807, 2.05) is 32.0 Å². The van der Waals surface area contributed by atoms with Gasteiger partial charge in [-0.1, -0.05) is 85.7 Å². The summed E-state index contributed by atoms with van der Waals surface area (Å²) in [6.45, 7) is 29.7. The quantitative estimate of drug-likeness (QED) is 0.244. The lowest BCUT2D eigenvalue weighted by Crippen LogP contribution is -2.59. The van der Waals surface area contributed by atoms with E-state index in [-0.39, 0.29) is 27.9 Å². The summed E-state index contributed by atoms with van der Waals surface area (Å²) < 4.78 is 20.5. The minimum Gasteiger partial charge on any atom is -0.409 e. The molecule has 6 heteroatoms. The van der Waals surface area contributed by atoms with E-state index in [0.29, 0.717) is 26.1 Å². The van der Waals surface area contributed by atoms with E-state index in [0.717, 1.165) is 5.56 Å². The van der Waals surface area contributed by atoms with Gasteiger partial charge in [0.05, 0.1) is 24.9 Å². The maximum absolute atomic E-state index is 12.7. The molecule has 0 radical (unpaired) electrons. The maximum atomic E-state index is 12.7. The van der Waals surface area contributed by atoms with Crippen molar-refractivity contribution in [3.8, 4) is 0 Å². The average Bonchev–Trinajstić information content (AvgIpc) is 2.70. The molecule has 35 heavy (non-hydrogen) atoms. The number of ketones is 1. The van der Waals surface area contributed by atoms with Crippen LogP contribution in [0.1, 0.15) is 80.7 Å². The van der Waals surface area contributed by atoms with Crippen molar-refractivity contribution in [1.82, 2.24) is 0 Å². The fraction of sp³-hybridized carbons (Fsp3) is 0.759. The van der Waals surface area contributed by atoms with Crippen LogP contribution in [0.25, 0.3) is 0 Å². The van der Waals surface area contributed by atoms with Crippen LogP contribution < -0.4 is 0 Å². The van der Waals surface area contributed by atoms with Crippen LogP contribution in [0.3, 0.4) is 0 Å². The summed E-state index contributed by atoms with van der Waals surface area (Å²) in [6, 6.07) is 10.2. The number of ether oxygens (including phenoxy) is 1. The van der Waals surface area contributed by atoms with Crippen LogP contribution in [0.15, 0.2) is 30.3 Å². The number of benzene rings is 1. The van der Waals surface area contributed by atoms with Gasteiger partial charge in [0.1, 0.15) is 5.78 Å². The van der Waals surface area contributed by atoms with Crippen molar-refractivity contribution >= 4 is 22.4 Å². The molecule has 0 fully saturated rings. The van der Waals surface area contributed by atoms with Crippen molar-refractivity contribution < 1.29 is 18.4 Å². The highest BCUT2D eigenvalue weighted by molar-refractivity contribution is 6.74. The predicted molar refractivity (Wildman–Crippen MR) is 154 cm³/mol. The van der Waals surface area contributed by atoms with Gasteiger partial charge in [0.25, 0.3) is 0 Å². The van der Waals surface area contributed by atoms with E-state index in [4.69, 9.17) is 13.6 Å². The van der Waals surface area contributed by atoms with Crippen LogP contribution >= 0.6 is 0 Å². The number of rotatable bonds is 13. The zero-order valence-corrected chi connectivity index (χ0v) is 27.0. The Hall–Kier alpha value is -0.796. The molecule has 0 heterocycles. The lowest BCUT2D eigenvalue weighted by atomic mass is 9.90. The van der Waals surface area contributed by atoms with Gasteiger partial charge in [0.15, 0.2) is 16.6 Å². The summed E-state index contributed by atoms with van der Waals surface area (Å²) >= 11 is 0. The molecule has 0 amide bonds. The molecule has 0 saturated carbocycles. The van der Waals surface area contributed by atoms with E-state index in [1.54, 1.807) is 0 Å². The number of carbonyl (C=O) groups excluding carboxylic acids is 1. The van der Waals surface area contributed by atoms with Crippen molar-refractivity contribution in [2.24, 2.45) is 5.92 Å². The highest BCUT2D eigenvalue weighted by atomic mass is 28.4. The van der Waals surface area contributed by atoms with Crippen molar-refractivity contribution in [3.63, 3.8) is 0 Å². The second kappa shape index (κ2) is 12.2. The average molecular weight is 523 g/mol. The van der Waals surface area contributed by atoms with Crippen molar-refractivity contribution in [1.29, 1.82) is 0 Å². The van der Waals surface area contributed by atoms with E-state index in [1.165, 1.54) is 0 Å². The molecule has 0 N–H and O–H groups in total. The van der Waals surface area contributed by atoms with Crippen LogP contribution in [0.2, 0.25) is 36.3 Å². The highest BCUT2D eigenvalue weighted by Crippen LogP contribution is 2.44. The zero-order valence-electron chi connectivity index (χ0n) is 25.0. The largest absolute Gasteiger partial charge is 0.409 e. The second-order valence-corrected chi connectivity index (χ2v) is 23.1. The molecular weight excluding hydrogens is 468 g/mol. The van der Waals surface area contributed by atoms with Crippen LogP contribution in [0, 0.1) is 5.92 Å². The molecule has 2 atom stereocenters. The fourth-order valence-electron chi connectivity index (χ4n) is 3.40. The Bertz CT molecular complexity index is 791.